The highest BCUT2D eigenvalue weighted by Gasteiger charge is 2.40. The van der Waals surface area contributed by atoms with Crippen molar-refractivity contribution in [2.45, 2.75) is 44.6 Å². The number of sulfone groups is 1. The highest BCUT2D eigenvalue weighted by Crippen LogP contribution is 2.34. The Labute approximate surface area is 190 Å². The van der Waals surface area contributed by atoms with Gasteiger partial charge < -0.3 is 9.64 Å². The molecule has 0 atom stereocenters. The van der Waals surface area contributed by atoms with Crippen molar-refractivity contribution in [3.8, 4) is 6.01 Å². The first-order chi connectivity index (χ1) is 15.3. The van der Waals surface area contributed by atoms with Crippen LogP contribution in [0.4, 0.5) is 14.6 Å². The Bertz CT molecular complexity index is 1290. The van der Waals surface area contributed by atoms with Gasteiger partial charge in [0.25, 0.3) is 5.92 Å². The van der Waals surface area contributed by atoms with Crippen LogP contribution in [0.5, 0.6) is 6.01 Å². The average Bonchev–Trinajstić information content (AvgIpc) is 3.28. The molecule has 1 aliphatic rings. The van der Waals surface area contributed by atoms with Gasteiger partial charge >= 0.3 is 6.01 Å². The zero-order valence-electron chi connectivity index (χ0n) is 18.9. The van der Waals surface area contributed by atoms with Gasteiger partial charge in [-0.05, 0) is 17.0 Å². The molecule has 3 heterocycles. The molecule has 0 aliphatic carbocycles. The van der Waals surface area contributed by atoms with E-state index < -0.39 is 22.3 Å². The Balaban J connectivity index is 1.79. The SMILES string of the molecule is CC(C)(C)COc1nc(N2CCC(F)(F)C2)c2nnn(Cc3ccccc3S(C)(=O)=O)c2n1. The largest absolute Gasteiger partial charge is 0.463 e. The fraction of sp³-hybridized carbons (Fsp3) is 0.524. The van der Waals surface area contributed by atoms with Crippen molar-refractivity contribution >= 4 is 26.8 Å². The second-order valence-corrected chi connectivity index (χ2v) is 11.5. The quantitative estimate of drug-likeness (QED) is 0.531. The van der Waals surface area contributed by atoms with Crippen molar-refractivity contribution in [2.24, 2.45) is 5.41 Å². The normalized spacial score (nSPS) is 16.5. The number of halogens is 2. The standard InChI is InChI=1S/C21H26F2N6O3S/c1-20(2,3)13-32-19-24-17(28-10-9-21(22,23)12-28)16-18(25-19)29(27-26-16)11-14-7-5-6-8-15(14)33(4,30)31/h5-8H,9-13H2,1-4H3. The van der Waals surface area contributed by atoms with Crippen LogP contribution in [0, 0.1) is 5.41 Å². The Morgan fingerprint density at radius 3 is 2.55 bits per heavy atom. The molecule has 178 valence electrons. The minimum atomic E-state index is -3.47. The summed E-state index contributed by atoms with van der Waals surface area (Å²) in [6.45, 7) is 5.98. The summed E-state index contributed by atoms with van der Waals surface area (Å²) in [5, 5.41) is 8.28. The second-order valence-electron chi connectivity index (χ2n) is 9.51. The van der Waals surface area contributed by atoms with E-state index in [2.05, 4.69) is 20.3 Å². The molecule has 0 radical (unpaired) electrons. The number of benzene rings is 1. The maximum Gasteiger partial charge on any atom is 0.320 e. The van der Waals surface area contributed by atoms with Gasteiger partial charge in [0.1, 0.15) is 0 Å². The Hall–Kier alpha value is -2.89. The van der Waals surface area contributed by atoms with Crippen LogP contribution in [-0.4, -0.2) is 65.3 Å². The van der Waals surface area contributed by atoms with Crippen LogP contribution >= 0.6 is 0 Å². The molecule has 1 fully saturated rings. The van der Waals surface area contributed by atoms with Crippen molar-refractivity contribution in [3.63, 3.8) is 0 Å². The van der Waals surface area contributed by atoms with Crippen LogP contribution in [0.25, 0.3) is 11.2 Å². The average molecular weight is 481 g/mol. The van der Waals surface area contributed by atoms with E-state index in [9.17, 15) is 17.2 Å². The summed E-state index contributed by atoms with van der Waals surface area (Å²) in [6, 6.07) is 6.61. The number of ether oxygens (including phenoxy) is 1. The van der Waals surface area contributed by atoms with Gasteiger partial charge in [0.15, 0.2) is 26.8 Å². The van der Waals surface area contributed by atoms with Crippen molar-refractivity contribution < 1.29 is 21.9 Å². The molecular formula is C21H26F2N6O3S. The van der Waals surface area contributed by atoms with Crippen LogP contribution in [0.2, 0.25) is 0 Å². The van der Waals surface area contributed by atoms with Gasteiger partial charge in [-0.1, -0.05) is 44.2 Å². The first-order valence-corrected chi connectivity index (χ1v) is 12.4. The van der Waals surface area contributed by atoms with Crippen LogP contribution in [0.15, 0.2) is 29.2 Å². The number of anilines is 1. The molecule has 4 rings (SSSR count). The summed E-state index contributed by atoms with van der Waals surface area (Å²) in [6.07, 6.45) is 0.851. The van der Waals surface area contributed by atoms with E-state index in [0.717, 1.165) is 6.26 Å². The molecule has 0 saturated carbocycles. The lowest BCUT2D eigenvalue weighted by atomic mass is 9.99. The molecule has 0 N–H and O–H groups in total. The minimum absolute atomic E-state index is 0.0302. The summed E-state index contributed by atoms with van der Waals surface area (Å²) >= 11 is 0. The van der Waals surface area contributed by atoms with Gasteiger partial charge in [-0.3, -0.25) is 0 Å². The van der Waals surface area contributed by atoms with Crippen molar-refractivity contribution in [2.75, 3.05) is 30.9 Å². The first-order valence-electron chi connectivity index (χ1n) is 10.5. The fourth-order valence-electron chi connectivity index (χ4n) is 3.57. The zero-order valence-corrected chi connectivity index (χ0v) is 19.7. The van der Waals surface area contributed by atoms with Crippen molar-refractivity contribution in [1.29, 1.82) is 0 Å². The Kier molecular flexibility index (Phi) is 5.75. The number of fused-ring (bicyclic) bond motifs is 1. The van der Waals surface area contributed by atoms with E-state index in [4.69, 9.17) is 4.74 Å². The topological polar surface area (TPSA) is 103 Å². The number of rotatable bonds is 6. The summed E-state index contributed by atoms with van der Waals surface area (Å²) in [7, 11) is -3.47. The maximum absolute atomic E-state index is 13.9. The molecular weight excluding hydrogens is 454 g/mol. The number of alkyl halides is 2. The maximum atomic E-state index is 13.9. The number of nitrogens with zero attached hydrogens (tertiary/aromatic N) is 6. The third kappa shape index (κ3) is 5.21. The summed E-state index contributed by atoms with van der Waals surface area (Å²) in [5.41, 5.74) is 0.874. The van der Waals surface area contributed by atoms with E-state index in [1.165, 1.54) is 15.6 Å². The highest BCUT2D eigenvalue weighted by molar-refractivity contribution is 7.90. The summed E-state index contributed by atoms with van der Waals surface area (Å²) < 4.78 is 59.5. The fourth-order valence-corrected chi connectivity index (χ4v) is 4.50. The van der Waals surface area contributed by atoms with E-state index in [-0.39, 0.29) is 52.8 Å². The van der Waals surface area contributed by atoms with Gasteiger partial charge in [-0.25, -0.2) is 21.9 Å². The molecule has 1 saturated heterocycles. The van der Waals surface area contributed by atoms with Crippen molar-refractivity contribution in [1.82, 2.24) is 25.0 Å². The highest BCUT2D eigenvalue weighted by atomic mass is 32.2. The van der Waals surface area contributed by atoms with E-state index in [1.807, 2.05) is 20.8 Å². The molecule has 0 spiro atoms. The van der Waals surface area contributed by atoms with Crippen LogP contribution in [0.3, 0.4) is 0 Å². The lowest BCUT2D eigenvalue weighted by Gasteiger charge is -2.20. The second kappa shape index (κ2) is 8.15. The number of hydrogen-bond donors (Lipinski definition) is 0. The van der Waals surface area contributed by atoms with Crippen LogP contribution in [-0.2, 0) is 16.4 Å². The minimum Gasteiger partial charge on any atom is -0.463 e. The molecule has 33 heavy (non-hydrogen) atoms. The van der Waals surface area contributed by atoms with Gasteiger partial charge in [0.2, 0.25) is 0 Å². The van der Waals surface area contributed by atoms with Crippen LogP contribution in [0.1, 0.15) is 32.8 Å². The number of hydrogen-bond acceptors (Lipinski definition) is 8. The third-order valence-electron chi connectivity index (χ3n) is 5.12. The molecule has 9 nitrogen and oxygen atoms in total. The predicted molar refractivity (Wildman–Crippen MR) is 118 cm³/mol. The van der Waals surface area contributed by atoms with Crippen LogP contribution < -0.4 is 9.64 Å². The van der Waals surface area contributed by atoms with E-state index >= 15 is 0 Å². The third-order valence-corrected chi connectivity index (χ3v) is 6.32. The first kappa shape index (κ1) is 23.3. The lowest BCUT2D eigenvalue weighted by molar-refractivity contribution is 0.0256. The molecule has 3 aromatic rings. The Morgan fingerprint density at radius 1 is 1.18 bits per heavy atom. The van der Waals surface area contributed by atoms with Crippen molar-refractivity contribution in [3.05, 3.63) is 29.8 Å². The predicted octanol–water partition coefficient (Wildman–Crippen LogP) is 2.94. The number of aromatic nitrogens is 5. The smallest absolute Gasteiger partial charge is 0.320 e. The molecule has 2 aromatic heterocycles. The van der Waals surface area contributed by atoms with Gasteiger partial charge in [-0.15, -0.1) is 5.10 Å². The van der Waals surface area contributed by atoms with Gasteiger partial charge in [0, 0.05) is 19.2 Å². The molecule has 0 bridgehead atoms. The Morgan fingerprint density at radius 2 is 1.91 bits per heavy atom. The summed E-state index contributed by atoms with van der Waals surface area (Å²) in [5.74, 6) is -2.60. The zero-order chi connectivity index (χ0) is 24.0. The lowest BCUT2D eigenvalue weighted by Crippen LogP contribution is -2.26. The molecule has 12 heteroatoms. The van der Waals surface area contributed by atoms with E-state index in [0.29, 0.717) is 12.2 Å². The van der Waals surface area contributed by atoms with E-state index in [1.54, 1.807) is 18.2 Å². The van der Waals surface area contributed by atoms with Gasteiger partial charge in [-0.2, -0.15) is 9.97 Å². The monoisotopic (exact) mass is 480 g/mol. The molecule has 1 aromatic carbocycles. The molecule has 0 unspecified atom stereocenters. The summed E-state index contributed by atoms with van der Waals surface area (Å²) in [4.78, 5) is 10.4. The molecule has 0 amide bonds. The van der Waals surface area contributed by atoms with Gasteiger partial charge in [0.05, 0.1) is 24.6 Å². The molecule has 1 aliphatic heterocycles.